The van der Waals surface area contributed by atoms with E-state index in [0.717, 1.165) is 53.1 Å². The summed E-state index contributed by atoms with van der Waals surface area (Å²) in [6.07, 6.45) is 0. The zero-order valence-corrected chi connectivity index (χ0v) is 15.9. The van der Waals surface area contributed by atoms with E-state index in [9.17, 15) is 4.79 Å². The van der Waals surface area contributed by atoms with Crippen molar-refractivity contribution in [3.63, 3.8) is 0 Å². The summed E-state index contributed by atoms with van der Waals surface area (Å²) in [5.41, 5.74) is 2.30. The van der Waals surface area contributed by atoms with Crippen LogP contribution in [0.3, 0.4) is 0 Å². The Bertz CT molecular complexity index is 933. The summed E-state index contributed by atoms with van der Waals surface area (Å²) in [5, 5.41) is 3.96. The van der Waals surface area contributed by atoms with Crippen LogP contribution in [-0.2, 0) is 4.74 Å². The molecule has 3 aromatic rings. The van der Waals surface area contributed by atoms with Crippen LogP contribution in [0.15, 0.2) is 42.5 Å². The first kappa shape index (κ1) is 17.8. The summed E-state index contributed by atoms with van der Waals surface area (Å²) < 4.78 is 11.9. The predicted molar refractivity (Wildman–Crippen MR) is 108 cm³/mol. The molecule has 0 spiro atoms. The molecule has 1 aromatic heterocycles. The van der Waals surface area contributed by atoms with Crippen molar-refractivity contribution in [2.45, 2.75) is 6.92 Å². The Kier molecular flexibility index (Phi) is 5.22. The van der Waals surface area contributed by atoms with Gasteiger partial charge in [-0.05, 0) is 49.4 Å². The Balaban J connectivity index is 1.49. The molecule has 1 fully saturated rings. The number of thiazole rings is 1. The molecule has 1 N–H and O–H groups in total. The van der Waals surface area contributed by atoms with Gasteiger partial charge in [-0.1, -0.05) is 11.3 Å². The molecule has 1 aliphatic heterocycles. The molecule has 6 nitrogen and oxygen atoms in total. The summed E-state index contributed by atoms with van der Waals surface area (Å²) in [5.74, 6) is 0.617. The van der Waals surface area contributed by atoms with Gasteiger partial charge in [-0.15, -0.1) is 0 Å². The average molecular weight is 383 g/mol. The Labute approximate surface area is 161 Å². The third-order valence-corrected chi connectivity index (χ3v) is 5.42. The molecule has 140 valence electrons. The van der Waals surface area contributed by atoms with Crippen LogP contribution in [0, 0.1) is 0 Å². The van der Waals surface area contributed by atoms with Crippen molar-refractivity contribution in [2.24, 2.45) is 0 Å². The van der Waals surface area contributed by atoms with Crippen molar-refractivity contribution < 1.29 is 14.3 Å². The highest BCUT2D eigenvalue weighted by Gasteiger charge is 2.16. The Hall–Kier alpha value is -2.64. The molecule has 1 aliphatic rings. The standard InChI is InChI=1S/C20H21N3O3S/c1-2-26-16-6-3-14(4-7-16)19(24)21-15-5-8-17-18(13-15)27-20(22-17)23-9-11-25-12-10-23/h3-8,13H,2,9-12H2,1H3,(H,21,24). The number of anilines is 2. The fraction of sp³-hybridized carbons (Fsp3) is 0.300. The third-order valence-electron chi connectivity index (χ3n) is 4.34. The van der Waals surface area contributed by atoms with Gasteiger partial charge in [-0.2, -0.15) is 0 Å². The van der Waals surface area contributed by atoms with Crippen LogP contribution in [0.2, 0.25) is 0 Å². The molecular weight excluding hydrogens is 362 g/mol. The maximum atomic E-state index is 12.5. The molecule has 1 amide bonds. The summed E-state index contributed by atoms with van der Waals surface area (Å²) in [7, 11) is 0. The number of carbonyl (C=O) groups excluding carboxylic acids is 1. The van der Waals surface area contributed by atoms with E-state index in [1.54, 1.807) is 35.6 Å². The van der Waals surface area contributed by atoms with Crippen molar-refractivity contribution >= 4 is 38.3 Å². The van der Waals surface area contributed by atoms with E-state index in [-0.39, 0.29) is 5.91 Å². The number of aromatic nitrogens is 1. The quantitative estimate of drug-likeness (QED) is 0.726. The van der Waals surface area contributed by atoms with E-state index >= 15 is 0 Å². The topological polar surface area (TPSA) is 63.7 Å². The van der Waals surface area contributed by atoms with Crippen LogP contribution in [0.1, 0.15) is 17.3 Å². The molecule has 0 radical (unpaired) electrons. The Morgan fingerprint density at radius 2 is 2.00 bits per heavy atom. The summed E-state index contributed by atoms with van der Waals surface area (Å²) in [6.45, 7) is 5.73. The third kappa shape index (κ3) is 4.04. The van der Waals surface area contributed by atoms with Crippen LogP contribution < -0.4 is 15.0 Å². The normalized spacial score (nSPS) is 14.3. The number of nitrogens with zero attached hydrogens (tertiary/aromatic N) is 2. The lowest BCUT2D eigenvalue weighted by molar-refractivity contribution is 0.102. The van der Waals surface area contributed by atoms with Crippen molar-refractivity contribution in [1.29, 1.82) is 0 Å². The second-order valence-corrected chi connectivity index (χ2v) is 7.20. The smallest absolute Gasteiger partial charge is 0.255 e. The molecule has 4 rings (SSSR count). The minimum absolute atomic E-state index is 0.143. The SMILES string of the molecule is CCOc1ccc(C(=O)Nc2ccc3nc(N4CCOCC4)sc3c2)cc1. The highest BCUT2D eigenvalue weighted by atomic mass is 32.1. The van der Waals surface area contributed by atoms with Crippen LogP contribution in [0.5, 0.6) is 5.75 Å². The molecule has 0 aliphatic carbocycles. The molecule has 0 saturated carbocycles. The van der Waals surface area contributed by atoms with E-state index in [0.29, 0.717) is 12.2 Å². The van der Waals surface area contributed by atoms with Gasteiger partial charge in [0, 0.05) is 24.3 Å². The Morgan fingerprint density at radius 3 is 2.74 bits per heavy atom. The molecule has 0 bridgehead atoms. The van der Waals surface area contributed by atoms with Crippen molar-refractivity contribution in [1.82, 2.24) is 4.98 Å². The number of hydrogen-bond acceptors (Lipinski definition) is 6. The van der Waals surface area contributed by atoms with Gasteiger partial charge in [0.1, 0.15) is 5.75 Å². The van der Waals surface area contributed by atoms with Crippen LogP contribution >= 0.6 is 11.3 Å². The number of amides is 1. The molecule has 27 heavy (non-hydrogen) atoms. The maximum absolute atomic E-state index is 12.5. The van der Waals surface area contributed by atoms with Crippen molar-refractivity contribution in [2.75, 3.05) is 43.1 Å². The van der Waals surface area contributed by atoms with Gasteiger partial charge in [0.05, 0.1) is 30.0 Å². The lowest BCUT2D eigenvalue weighted by Crippen LogP contribution is -2.36. The van der Waals surface area contributed by atoms with E-state index in [4.69, 9.17) is 14.5 Å². The van der Waals surface area contributed by atoms with Crippen LogP contribution in [0.4, 0.5) is 10.8 Å². The van der Waals surface area contributed by atoms with Gasteiger partial charge in [-0.25, -0.2) is 4.98 Å². The number of rotatable bonds is 5. The molecule has 1 saturated heterocycles. The fourth-order valence-corrected chi connectivity index (χ4v) is 4.01. The lowest BCUT2D eigenvalue weighted by Gasteiger charge is -2.25. The Morgan fingerprint density at radius 1 is 1.22 bits per heavy atom. The molecule has 2 heterocycles. The summed E-state index contributed by atoms with van der Waals surface area (Å²) >= 11 is 1.64. The van der Waals surface area contributed by atoms with Gasteiger partial charge in [-0.3, -0.25) is 4.79 Å². The molecular formula is C20H21N3O3S. The number of morpholine rings is 1. The maximum Gasteiger partial charge on any atom is 0.255 e. The number of benzene rings is 2. The highest BCUT2D eigenvalue weighted by molar-refractivity contribution is 7.22. The first-order chi connectivity index (χ1) is 13.2. The molecule has 2 aromatic carbocycles. The monoisotopic (exact) mass is 383 g/mol. The van der Waals surface area contributed by atoms with E-state index in [1.165, 1.54) is 0 Å². The van der Waals surface area contributed by atoms with Crippen LogP contribution in [0.25, 0.3) is 10.2 Å². The molecule has 0 atom stereocenters. The van der Waals surface area contributed by atoms with Crippen molar-refractivity contribution in [3.05, 3.63) is 48.0 Å². The van der Waals surface area contributed by atoms with E-state index < -0.39 is 0 Å². The minimum atomic E-state index is -0.143. The fourth-order valence-electron chi connectivity index (χ4n) is 2.95. The van der Waals surface area contributed by atoms with Crippen LogP contribution in [-0.4, -0.2) is 43.8 Å². The van der Waals surface area contributed by atoms with Crippen molar-refractivity contribution in [3.8, 4) is 5.75 Å². The lowest BCUT2D eigenvalue weighted by atomic mass is 10.2. The summed E-state index contributed by atoms with van der Waals surface area (Å²) in [4.78, 5) is 19.4. The largest absolute Gasteiger partial charge is 0.494 e. The number of fused-ring (bicyclic) bond motifs is 1. The first-order valence-electron chi connectivity index (χ1n) is 9.00. The van der Waals surface area contributed by atoms with Gasteiger partial charge < -0.3 is 19.7 Å². The van der Waals surface area contributed by atoms with Gasteiger partial charge in [0.25, 0.3) is 5.91 Å². The van der Waals surface area contributed by atoms with Gasteiger partial charge in [0.15, 0.2) is 5.13 Å². The molecule has 7 heteroatoms. The second-order valence-electron chi connectivity index (χ2n) is 6.19. The van der Waals surface area contributed by atoms with Gasteiger partial charge >= 0.3 is 0 Å². The minimum Gasteiger partial charge on any atom is -0.494 e. The number of ether oxygens (including phenoxy) is 2. The molecule has 0 unspecified atom stereocenters. The first-order valence-corrected chi connectivity index (χ1v) is 9.82. The highest BCUT2D eigenvalue weighted by Crippen LogP contribution is 2.31. The summed E-state index contributed by atoms with van der Waals surface area (Å²) in [6, 6.07) is 13.0. The number of nitrogens with one attached hydrogen (secondary N) is 1. The average Bonchev–Trinajstić information content (AvgIpc) is 3.13. The zero-order valence-electron chi connectivity index (χ0n) is 15.1. The number of hydrogen-bond donors (Lipinski definition) is 1. The number of carbonyl (C=O) groups is 1. The van der Waals surface area contributed by atoms with E-state index in [2.05, 4.69) is 10.2 Å². The second kappa shape index (κ2) is 7.94. The van der Waals surface area contributed by atoms with E-state index in [1.807, 2.05) is 25.1 Å². The zero-order chi connectivity index (χ0) is 18.6. The predicted octanol–water partition coefficient (Wildman–Crippen LogP) is 3.78. The van der Waals surface area contributed by atoms with Gasteiger partial charge in [0.2, 0.25) is 0 Å².